The largest absolute Gasteiger partial charge is 0.313 e. The summed E-state index contributed by atoms with van der Waals surface area (Å²) in [5.41, 5.74) is 0.435. The maximum absolute atomic E-state index is 14.9. The highest BCUT2D eigenvalue weighted by molar-refractivity contribution is 7.82. The Labute approximate surface area is 372 Å². The van der Waals surface area contributed by atoms with Crippen LogP contribution >= 0.6 is 30.1 Å². The first-order valence-corrected chi connectivity index (χ1v) is 27.8. The second-order valence-electron chi connectivity index (χ2n) is 15.7. The van der Waals surface area contributed by atoms with Gasteiger partial charge in [-0.3, -0.25) is 0 Å². The van der Waals surface area contributed by atoms with Gasteiger partial charge in [-0.05, 0) is 48.4 Å². The highest BCUT2D eigenvalue weighted by Crippen LogP contribution is 2.57. The summed E-state index contributed by atoms with van der Waals surface area (Å²) in [6.07, 6.45) is 0. The van der Waals surface area contributed by atoms with Gasteiger partial charge in [0, 0.05) is 32.5 Å². The Hall–Kier alpha value is -4.92. The molecular formula is C56H56O2P4. The minimum absolute atomic E-state index is 0.0103. The summed E-state index contributed by atoms with van der Waals surface area (Å²) in [6.45, 7) is 8.95. The van der Waals surface area contributed by atoms with E-state index in [1.165, 1.54) is 21.2 Å². The van der Waals surface area contributed by atoms with Crippen LogP contribution < -0.4 is 42.4 Å². The van der Waals surface area contributed by atoms with Crippen LogP contribution in [0, 0.1) is 0 Å². The molecule has 0 spiro atoms. The molecule has 2 nitrogen and oxygen atoms in total. The molecule has 0 aromatic heterocycles. The fraction of sp³-hybridized carbons (Fsp3) is 0.143. The summed E-state index contributed by atoms with van der Waals surface area (Å²) in [5.74, 6) is 0. The molecule has 0 radical (unpaired) electrons. The van der Waals surface area contributed by atoms with Gasteiger partial charge in [0.15, 0.2) is 0 Å². The fourth-order valence-corrected chi connectivity index (χ4v) is 21.9. The van der Waals surface area contributed by atoms with Crippen molar-refractivity contribution in [1.29, 1.82) is 0 Å². The Morgan fingerprint density at radius 2 is 0.435 bits per heavy atom. The van der Waals surface area contributed by atoms with Crippen molar-refractivity contribution in [3.8, 4) is 0 Å². The Morgan fingerprint density at radius 3 is 0.613 bits per heavy atom. The molecule has 0 aliphatic heterocycles. The molecule has 0 aliphatic rings. The van der Waals surface area contributed by atoms with E-state index < -0.39 is 30.1 Å². The second-order valence-corrected chi connectivity index (χ2v) is 27.2. The Kier molecular flexibility index (Phi) is 15.6. The summed E-state index contributed by atoms with van der Waals surface area (Å²) < 4.78 is 29.9. The molecule has 312 valence electrons. The van der Waals surface area contributed by atoms with Gasteiger partial charge in [0.2, 0.25) is 0 Å². The topological polar surface area (TPSA) is 34.1 Å². The molecule has 8 rings (SSSR count). The van der Waals surface area contributed by atoms with E-state index in [0.717, 1.165) is 21.2 Å². The molecule has 0 saturated heterocycles. The molecule has 8 aromatic rings. The van der Waals surface area contributed by atoms with E-state index in [0.29, 0.717) is 0 Å². The monoisotopic (exact) mass is 884 g/mol. The predicted molar refractivity (Wildman–Crippen MR) is 276 cm³/mol. The predicted octanol–water partition coefficient (Wildman–Crippen LogP) is 11.8. The van der Waals surface area contributed by atoms with E-state index in [1.54, 1.807) is 0 Å². The molecule has 0 heterocycles. The number of rotatable bonds is 14. The maximum Gasteiger partial charge on any atom is 0.146 e. The summed E-state index contributed by atoms with van der Waals surface area (Å²) in [5, 5.41) is 9.08. The molecule has 62 heavy (non-hydrogen) atoms. The van der Waals surface area contributed by atoms with Crippen molar-refractivity contribution in [1.82, 2.24) is 0 Å². The summed E-state index contributed by atoms with van der Waals surface area (Å²) in [6, 6.07) is 83.1. The zero-order chi connectivity index (χ0) is 43.4. The van der Waals surface area contributed by atoms with Crippen LogP contribution in [0.25, 0.3) is 0 Å². The average Bonchev–Trinajstić information content (AvgIpc) is 3.35. The van der Waals surface area contributed by atoms with Crippen molar-refractivity contribution in [3.05, 3.63) is 243 Å². The maximum atomic E-state index is 14.9. The lowest BCUT2D eigenvalue weighted by molar-refractivity contribution is 0.577. The summed E-state index contributed by atoms with van der Waals surface area (Å²) >= 11 is 0. The summed E-state index contributed by atoms with van der Waals surface area (Å²) in [7, 11) is -7.04. The zero-order valence-corrected chi connectivity index (χ0v) is 39.6. The highest BCUT2D eigenvalue weighted by Gasteiger charge is 2.41. The first-order valence-electron chi connectivity index (χ1n) is 21.4. The zero-order valence-electron chi connectivity index (χ0n) is 36.0. The molecule has 0 unspecified atom stereocenters. The van der Waals surface area contributed by atoms with Gasteiger partial charge in [-0.1, -0.05) is 270 Å². The first kappa shape index (κ1) is 45.1. The normalized spacial score (nSPS) is 13.6. The average molecular weight is 885 g/mol. The Bertz CT molecular complexity index is 2280. The van der Waals surface area contributed by atoms with Crippen LogP contribution in [-0.4, -0.2) is 22.6 Å². The third-order valence-corrected chi connectivity index (χ3v) is 25.9. The first-order chi connectivity index (χ1) is 30.2. The number of benzene rings is 8. The second kappa shape index (κ2) is 21.4. The van der Waals surface area contributed by atoms with Crippen LogP contribution in [0.4, 0.5) is 0 Å². The lowest BCUT2D eigenvalue weighted by Gasteiger charge is -2.35. The van der Waals surface area contributed by atoms with Crippen LogP contribution in [0.2, 0.25) is 0 Å². The Balaban J connectivity index is 0.000000186. The smallest absolute Gasteiger partial charge is 0.146 e. The Morgan fingerprint density at radius 1 is 0.274 bits per heavy atom. The van der Waals surface area contributed by atoms with Crippen molar-refractivity contribution >= 4 is 72.6 Å². The van der Waals surface area contributed by atoms with Crippen LogP contribution in [0.5, 0.6) is 0 Å². The minimum Gasteiger partial charge on any atom is -0.313 e. The minimum atomic E-state index is -2.85. The lowest BCUT2D eigenvalue weighted by Crippen LogP contribution is -2.34. The standard InChI is InChI=1S/2C28H28OP2/c2*1-23(30(25-15-7-3-8-16-25)26-17-9-4-10-18-26)24(2)31(29,27-19-11-5-12-20-27)28-21-13-6-14-22-28/h2*3-24H,1-2H3/t2*23-,24-/m10/s1. The van der Waals surface area contributed by atoms with E-state index in [9.17, 15) is 9.13 Å². The van der Waals surface area contributed by atoms with Crippen molar-refractivity contribution in [3.63, 3.8) is 0 Å². The SMILES string of the molecule is C[C@@H]([C@H](C)P(=O)(c1ccccc1)c1ccccc1)P(c1ccccc1)c1ccccc1.C[C@H]([C@@H](C)P(=O)(c1ccccc1)c1ccccc1)P(c1ccccc1)c1ccccc1. The fourth-order valence-electron chi connectivity index (χ4n) is 8.47. The molecule has 8 aromatic carbocycles. The van der Waals surface area contributed by atoms with Gasteiger partial charge < -0.3 is 9.13 Å². The van der Waals surface area contributed by atoms with Gasteiger partial charge in [0.1, 0.15) is 14.3 Å². The van der Waals surface area contributed by atoms with Crippen LogP contribution in [0.15, 0.2) is 243 Å². The van der Waals surface area contributed by atoms with Gasteiger partial charge in [0.25, 0.3) is 0 Å². The third-order valence-electron chi connectivity index (χ3n) is 12.1. The quantitative estimate of drug-likeness (QED) is 0.102. The van der Waals surface area contributed by atoms with Gasteiger partial charge in [0.05, 0.1) is 0 Å². The molecular weight excluding hydrogens is 829 g/mol. The number of hydrogen-bond donors (Lipinski definition) is 0. The van der Waals surface area contributed by atoms with E-state index in [1.807, 2.05) is 121 Å². The van der Waals surface area contributed by atoms with E-state index in [4.69, 9.17) is 0 Å². The molecule has 0 fully saturated rings. The van der Waals surface area contributed by atoms with Crippen molar-refractivity contribution in [2.45, 2.75) is 50.3 Å². The molecule has 0 amide bonds. The molecule has 0 aliphatic carbocycles. The lowest BCUT2D eigenvalue weighted by atomic mass is 10.3. The van der Waals surface area contributed by atoms with E-state index >= 15 is 0 Å². The van der Waals surface area contributed by atoms with Gasteiger partial charge in [-0.2, -0.15) is 0 Å². The van der Waals surface area contributed by atoms with Crippen LogP contribution in [0.3, 0.4) is 0 Å². The molecule has 0 N–H and O–H groups in total. The molecule has 0 saturated carbocycles. The van der Waals surface area contributed by atoms with Gasteiger partial charge in [-0.25, -0.2) is 0 Å². The van der Waals surface area contributed by atoms with Gasteiger partial charge >= 0.3 is 0 Å². The van der Waals surface area contributed by atoms with Crippen LogP contribution in [-0.2, 0) is 9.13 Å². The van der Waals surface area contributed by atoms with E-state index in [-0.39, 0.29) is 22.6 Å². The van der Waals surface area contributed by atoms with E-state index in [2.05, 4.69) is 149 Å². The van der Waals surface area contributed by atoms with Crippen LogP contribution in [0.1, 0.15) is 27.7 Å². The molecule has 6 heteroatoms. The third kappa shape index (κ3) is 9.97. The number of hydrogen-bond acceptors (Lipinski definition) is 2. The van der Waals surface area contributed by atoms with Crippen molar-refractivity contribution in [2.75, 3.05) is 0 Å². The van der Waals surface area contributed by atoms with Crippen molar-refractivity contribution in [2.24, 2.45) is 0 Å². The van der Waals surface area contributed by atoms with Gasteiger partial charge in [-0.15, -0.1) is 0 Å². The molecule has 4 atom stereocenters. The summed E-state index contributed by atoms with van der Waals surface area (Å²) in [4.78, 5) is 0. The highest BCUT2D eigenvalue weighted by atomic mass is 31.2. The van der Waals surface area contributed by atoms with Crippen molar-refractivity contribution < 1.29 is 9.13 Å². The molecule has 0 bridgehead atoms.